The molecule has 3 heteroatoms. The fourth-order valence-electron chi connectivity index (χ4n) is 1.86. The normalized spacial score (nSPS) is 12.1. The summed E-state index contributed by atoms with van der Waals surface area (Å²) in [5.41, 5.74) is 4.53. The molecule has 0 aliphatic rings. The number of hydrogen-bond donors (Lipinski definition) is 2. The lowest BCUT2D eigenvalue weighted by molar-refractivity contribution is 0.133. The lowest BCUT2D eigenvalue weighted by atomic mass is 10.1. The van der Waals surface area contributed by atoms with Crippen LogP contribution in [0.2, 0.25) is 0 Å². The van der Waals surface area contributed by atoms with Crippen LogP contribution in [0.25, 0.3) is 0 Å². The van der Waals surface area contributed by atoms with Crippen LogP contribution in [0.1, 0.15) is 24.1 Å². The molecule has 0 saturated heterocycles. The highest BCUT2D eigenvalue weighted by molar-refractivity contribution is 5.28. The summed E-state index contributed by atoms with van der Waals surface area (Å²) in [5.74, 6) is 0.852. The maximum atomic E-state index is 8.84. The van der Waals surface area contributed by atoms with Crippen molar-refractivity contribution in [1.82, 2.24) is 5.48 Å². The van der Waals surface area contributed by atoms with Crippen LogP contribution >= 0.6 is 0 Å². The Morgan fingerprint density at radius 1 is 1.05 bits per heavy atom. The molecule has 0 spiro atoms. The topological polar surface area (TPSA) is 41.5 Å². The first-order valence-corrected chi connectivity index (χ1v) is 6.46. The van der Waals surface area contributed by atoms with Crippen LogP contribution in [-0.2, 0) is 6.42 Å². The van der Waals surface area contributed by atoms with E-state index in [2.05, 4.69) is 17.6 Å². The van der Waals surface area contributed by atoms with Crippen LogP contribution in [0.4, 0.5) is 0 Å². The Hall–Kier alpha value is -1.84. The summed E-state index contributed by atoms with van der Waals surface area (Å²) >= 11 is 0. The van der Waals surface area contributed by atoms with Gasteiger partial charge in [-0.05, 0) is 30.2 Å². The van der Waals surface area contributed by atoms with Gasteiger partial charge in [0.15, 0.2) is 0 Å². The predicted octanol–water partition coefficient (Wildman–Crippen LogP) is 3.35. The van der Waals surface area contributed by atoms with Gasteiger partial charge in [-0.1, -0.05) is 42.5 Å². The van der Waals surface area contributed by atoms with Gasteiger partial charge in [-0.3, -0.25) is 0 Å². The van der Waals surface area contributed by atoms with Crippen molar-refractivity contribution in [1.29, 1.82) is 0 Å². The minimum Gasteiger partial charge on any atom is -0.493 e. The Balaban J connectivity index is 1.83. The SMILES string of the molecule is C[C@@H](NO)c1ccc(OCCc2ccccc2)cc1. The quantitative estimate of drug-likeness (QED) is 0.780. The van der Waals surface area contributed by atoms with Gasteiger partial charge in [0.1, 0.15) is 5.75 Å². The molecule has 100 valence electrons. The third-order valence-corrected chi connectivity index (χ3v) is 3.08. The van der Waals surface area contributed by atoms with Gasteiger partial charge in [0, 0.05) is 6.42 Å². The van der Waals surface area contributed by atoms with Gasteiger partial charge in [0.2, 0.25) is 0 Å². The molecule has 0 radical (unpaired) electrons. The van der Waals surface area contributed by atoms with E-state index in [0.29, 0.717) is 6.61 Å². The molecule has 2 rings (SSSR count). The monoisotopic (exact) mass is 257 g/mol. The van der Waals surface area contributed by atoms with Gasteiger partial charge in [0.05, 0.1) is 12.6 Å². The Labute approximate surface area is 113 Å². The van der Waals surface area contributed by atoms with Crippen LogP contribution in [0.3, 0.4) is 0 Å². The van der Waals surface area contributed by atoms with E-state index in [1.165, 1.54) is 5.56 Å². The highest BCUT2D eigenvalue weighted by Crippen LogP contribution is 2.17. The van der Waals surface area contributed by atoms with Gasteiger partial charge in [-0.25, -0.2) is 0 Å². The van der Waals surface area contributed by atoms with Crippen molar-refractivity contribution < 1.29 is 9.94 Å². The standard InChI is InChI=1S/C16H19NO2/c1-13(17-18)15-7-9-16(10-8-15)19-12-11-14-5-3-2-4-6-14/h2-10,13,17-18H,11-12H2,1H3/t13-/m1/s1. The lowest BCUT2D eigenvalue weighted by Gasteiger charge is -2.11. The van der Waals surface area contributed by atoms with Crippen molar-refractivity contribution >= 4 is 0 Å². The third kappa shape index (κ3) is 4.09. The zero-order valence-corrected chi connectivity index (χ0v) is 11.0. The molecule has 0 aliphatic carbocycles. The molecule has 0 bridgehead atoms. The Kier molecular flexibility index (Phi) is 4.95. The Morgan fingerprint density at radius 2 is 1.74 bits per heavy atom. The average Bonchev–Trinajstić information content (AvgIpc) is 2.48. The van der Waals surface area contributed by atoms with E-state index >= 15 is 0 Å². The molecule has 2 aromatic carbocycles. The van der Waals surface area contributed by atoms with Gasteiger partial charge < -0.3 is 9.94 Å². The highest BCUT2D eigenvalue weighted by Gasteiger charge is 2.03. The molecule has 19 heavy (non-hydrogen) atoms. The van der Waals surface area contributed by atoms with E-state index in [4.69, 9.17) is 9.94 Å². The maximum Gasteiger partial charge on any atom is 0.119 e. The predicted molar refractivity (Wildman–Crippen MR) is 75.4 cm³/mol. The fourth-order valence-corrected chi connectivity index (χ4v) is 1.86. The maximum absolute atomic E-state index is 8.84. The summed E-state index contributed by atoms with van der Waals surface area (Å²) in [6.45, 7) is 2.56. The van der Waals surface area contributed by atoms with Crippen molar-refractivity contribution in [2.24, 2.45) is 0 Å². The molecular weight excluding hydrogens is 238 g/mol. The number of rotatable bonds is 6. The molecule has 0 amide bonds. The summed E-state index contributed by atoms with van der Waals surface area (Å²) in [5, 5.41) is 8.84. The zero-order valence-electron chi connectivity index (χ0n) is 11.0. The molecule has 0 unspecified atom stereocenters. The van der Waals surface area contributed by atoms with Gasteiger partial charge in [0.25, 0.3) is 0 Å². The smallest absolute Gasteiger partial charge is 0.119 e. The molecule has 0 aliphatic heterocycles. The number of ether oxygens (including phenoxy) is 1. The second kappa shape index (κ2) is 6.92. The van der Waals surface area contributed by atoms with E-state index in [-0.39, 0.29) is 6.04 Å². The third-order valence-electron chi connectivity index (χ3n) is 3.08. The zero-order chi connectivity index (χ0) is 13.5. The molecule has 0 heterocycles. The van der Waals surface area contributed by atoms with Crippen molar-refractivity contribution in [3.8, 4) is 5.75 Å². The number of hydroxylamine groups is 1. The summed E-state index contributed by atoms with van der Waals surface area (Å²) < 4.78 is 5.70. The molecule has 0 fully saturated rings. The van der Waals surface area contributed by atoms with E-state index in [1.807, 2.05) is 49.4 Å². The largest absolute Gasteiger partial charge is 0.493 e. The van der Waals surface area contributed by atoms with Gasteiger partial charge in [-0.2, -0.15) is 5.48 Å². The van der Waals surface area contributed by atoms with E-state index < -0.39 is 0 Å². The van der Waals surface area contributed by atoms with Crippen LogP contribution < -0.4 is 10.2 Å². The van der Waals surface area contributed by atoms with Gasteiger partial charge >= 0.3 is 0 Å². The molecule has 2 aromatic rings. The summed E-state index contributed by atoms with van der Waals surface area (Å²) in [6, 6.07) is 18.0. The van der Waals surface area contributed by atoms with Crippen molar-refractivity contribution in [2.45, 2.75) is 19.4 Å². The minimum absolute atomic E-state index is 0.0710. The number of benzene rings is 2. The molecule has 3 nitrogen and oxygen atoms in total. The van der Waals surface area contributed by atoms with Crippen LogP contribution in [0.15, 0.2) is 54.6 Å². The molecule has 1 atom stereocenters. The first kappa shape index (κ1) is 13.6. The molecular formula is C16H19NO2. The lowest BCUT2D eigenvalue weighted by Crippen LogP contribution is -2.12. The Bertz CT molecular complexity index is 482. The molecule has 2 N–H and O–H groups in total. The number of hydrogen-bond acceptors (Lipinski definition) is 3. The van der Waals surface area contributed by atoms with Crippen LogP contribution in [0.5, 0.6) is 5.75 Å². The van der Waals surface area contributed by atoms with Crippen molar-refractivity contribution in [3.05, 3.63) is 65.7 Å². The summed E-state index contributed by atoms with van der Waals surface area (Å²) in [6.07, 6.45) is 0.900. The van der Waals surface area contributed by atoms with Crippen molar-refractivity contribution in [2.75, 3.05) is 6.61 Å². The first-order chi connectivity index (χ1) is 9.29. The highest BCUT2D eigenvalue weighted by atomic mass is 16.5. The van der Waals surface area contributed by atoms with Gasteiger partial charge in [-0.15, -0.1) is 0 Å². The second-order valence-electron chi connectivity index (χ2n) is 4.50. The number of nitrogens with one attached hydrogen (secondary N) is 1. The average molecular weight is 257 g/mol. The molecule has 0 aromatic heterocycles. The first-order valence-electron chi connectivity index (χ1n) is 6.46. The van der Waals surface area contributed by atoms with E-state index in [1.54, 1.807) is 0 Å². The van der Waals surface area contributed by atoms with Crippen LogP contribution in [-0.4, -0.2) is 11.8 Å². The van der Waals surface area contributed by atoms with Crippen molar-refractivity contribution in [3.63, 3.8) is 0 Å². The summed E-state index contributed by atoms with van der Waals surface area (Å²) in [7, 11) is 0. The summed E-state index contributed by atoms with van der Waals surface area (Å²) in [4.78, 5) is 0. The van der Waals surface area contributed by atoms with E-state index in [0.717, 1.165) is 17.7 Å². The van der Waals surface area contributed by atoms with Crippen LogP contribution in [0, 0.1) is 0 Å². The fraction of sp³-hybridized carbons (Fsp3) is 0.250. The second-order valence-corrected chi connectivity index (χ2v) is 4.50. The molecule has 0 saturated carbocycles. The van der Waals surface area contributed by atoms with E-state index in [9.17, 15) is 0 Å². The Morgan fingerprint density at radius 3 is 2.37 bits per heavy atom. The minimum atomic E-state index is -0.0710.